The first-order chi connectivity index (χ1) is 15.0. The molecule has 1 aliphatic rings. The van der Waals surface area contributed by atoms with Crippen molar-refractivity contribution in [2.75, 3.05) is 12.4 Å². The highest BCUT2D eigenvalue weighted by Gasteiger charge is 2.39. The fourth-order valence-corrected chi connectivity index (χ4v) is 3.68. The van der Waals surface area contributed by atoms with Crippen molar-refractivity contribution in [2.24, 2.45) is 0 Å². The Morgan fingerprint density at radius 2 is 1.65 bits per heavy atom. The summed E-state index contributed by atoms with van der Waals surface area (Å²) in [5, 5.41) is 4.14. The molecule has 0 unspecified atom stereocenters. The average Bonchev–Trinajstić information content (AvgIpc) is 3.00. The maximum atomic E-state index is 13.3. The molecule has 1 heterocycles. The van der Waals surface area contributed by atoms with Crippen molar-refractivity contribution in [1.29, 1.82) is 0 Å². The van der Waals surface area contributed by atoms with E-state index in [1.165, 1.54) is 4.90 Å². The molecule has 7 heteroatoms. The van der Waals surface area contributed by atoms with Gasteiger partial charge in [-0.15, -0.1) is 0 Å². The molecular weight excluding hydrogens is 435 g/mol. The number of hydrogen-bond acceptors (Lipinski definition) is 4. The molecule has 31 heavy (non-hydrogen) atoms. The minimum Gasteiger partial charge on any atom is -0.497 e. The number of halogens is 2. The number of hydrogen-bond donors (Lipinski definition) is 1. The fourth-order valence-electron chi connectivity index (χ4n) is 3.36. The largest absolute Gasteiger partial charge is 0.497 e. The molecule has 0 aliphatic carbocycles. The Hall–Kier alpha value is -3.28. The van der Waals surface area contributed by atoms with Gasteiger partial charge < -0.3 is 10.1 Å². The summed E-state index contributed by atoms with van der Waals surface area (Å²) in [6, 6.07) is 21.1. The van der Waals surface area contributed by atoms with Crippen LogP contribution < -0.4 is 10.1 Å². The summed E-state index contributed by atoms with van der Waals surface area (Å²) in [4.78, 5) is 27.9. The Morgan fingerprint density at radius 3 is 2.35 bits per heavy atom. The van der Waals surface area contributed by atoms with E-state index in [1.54, 1.807) is 73.8 Å². The molecule has 4 rings (SSSR count). The number of anilines is 1. The Labute approximate surface area is 189 Å². The van der Waals surface area contributed by atoms with Gasteiger partial charge in [-0.05, 0) is 41.5 Å². The van der Waals surface area contributed by atoms with Crippen molar-refractivity contribution >= 4 is 46.3 Å². The summed E-state index contributed by atoms with van der Waals surface area (Å²) in [6.45, 7) is 0.0672. The van der Waals surface area contributed by atoms with Crippen LogP contribution in [0.15, 0.2) is 78.5 Å². The van der Waals surface area contributed by atoms with Gasteiger partial charge in [0.05, 0.1) is 19.2 Å². The van der Waals surface area contributed by atoms with Crippen LogP contribution >= 0.6 is 23.2 Å². The van der Waals surface area contributed by atoms with Crippen LogP contribution in [0.4, 0.5) is 5.69 Å². The van der Waals surface area contributed by atoms with Gasteiger partial charge >= 0.3 is 0 Å². The smallest absolute Gasteiger partial charge is 0.278 e. The summed E-state index contributed by atoms with van der Waals surface area (Å²) in [6.07, 6.45) is 0. The molecule has 0 saturated heterocycles. The lowest BCUT2D eigenvalue weighted by Crippen LogP contribution is -2.32. The lowest BCUT2D eigenvalue weighted by atomic mass is 10.0. The first kappa shape index (κ1) is 21.0. The van der Waals surface area contributed by atoms with Gasteiger partial charge in [0.15, 0.2) is 0 Å². The van der Waals surface area contributed by atoms with Gasteiger partial charge in [0, 0.05) is 21.8 Å². The van der Waals surface area contributed by atoms with E-state index in [0.29, 0.717) is 32.6 Å². The Balaban J connectivity index is 1.75. The number of rotatable bonds is 6. The second-order valence-corrected chi connectivity index (χ2v) is 7.75. The van der Waals surface area contributed by atoms with E-state index in [1.807, 2.05) is 6.07 Å². The molecule has 0 saturated carbocycles. The monoisotopic (exact) mass is 452 g/mol. The Morgan fingerprint density at radius 1 is 0.903 bits per heavy atom. The van der Waals surface area contributed by atoms with E-state index in [-0.39, 0.29) is 17.8 Å². The molecule has 1 N–H and O–H groups in total. The van der Waals surface area contributed by atoms with Crippen LogP contribution in [0.3, 0.4) is 0 Å². The molecule has 1 aliphatic heterocycles. The summed E-state index contributed by atoms with van der Waals surface area (Å²) in [5.74, 6) is -0.210. The van der Waals surface area contributed by atoms with Crippen molar-refractivity contribution in [1.82, 2.24) is 4.90 Å². The van der Waals surface area contributed by atoms with Crippen LogP contribution in [-0.4, -0.2) is 23.8 Å². The molecule has 5 nitrogen and oxygen atoms in total. The second-order valence-electron chi connectivity index (χ2n) is 6.90. The molecule has 0 atom stereocenters. The normalized spacial score (nSPS) is 13.7. The van der Waals surface area contributed by atoms with Crippen LogP contribution in [0.1, 0.15) is 11.1 Å². The highest BCUT2D eigenvalue weighted by molar-refractivity contribution is 6.37. The molecule has 2 amide bonds. The SMILES string of the molecule is COc1cccc(NC2=C(c3ccc(Cl)cc3)C(=O)N(Cc3ccccc3Cl)C2=O)c1. The van der Waals surface area contributed by atoms with Crippen molar-refractivity contribution in [3.63, 3.8) is 0 Å². The van der Waals surface area contributed by atoms with E-state index in [0.717, 1.165) is 0 Å². The third-order valence-electron chi connectivity index (χ3n) is 4.93. The molecule has 156 valence electrons. The van der Waals surface area contributed by atoms with Crippen LogP contribution in [0, 0.1) is 0 Å². The number of amides is 2. The third-order valence-corrected chi connectivity index (χ3v) is 5.55. The summed E-state index contributed by atoms with van der Waals surface area (Å²) >= 11 is 12.3. The van der Waals surface area contributed by atoms with Crippen LogP contribution in [0.2, 0.25) is 10.0 Å². The number of nitrogens with one attached hydrogen (secondary N) is 1. The number of imide groups is 1. The van der Waals surface area contributed by atoms with Crippen LogP contribution in [-0.2, 0) is 16.1 Å². The fraction of sp³-hybridized carbons (Fsp3) is 0.0833. The Bertz CT molecular complexity index is 1190. The molecule has 3 aromatic rings. The van der Waals surface area contributed by atoms with Crippen molar-refractivity contribution in [3.05, 3.63) is 99.7 Å². The number of nitrogens with zero attached hydrogens (tertiary/aromatic N) is 1. The predicted octanol–water partition coefficient (Wildman–Crippen LogP) is 5.39. The minimum atomic E-state index is -0.433. The summed E-state index contributed by atoms with van der Waals surface area (Å²) in [7, 11) is 1.56. The molecule has 0 fully saturated rings. The van der Waals surface area contributed by atoms with E-state index < -0.39 is 11.8 Å². The highest BCUT2D eigenvalue weighted by Crippen LogP contribution is 2.33. The standard InChI is InChI=1S/C24H18Cl2N2O3/c1-31-19-7-4-6-18(13-19)27-22-21(15-9-11-17(25)12-10-15)23(29)28(24(22)30)14-16-5-2-3-8-20(16)26/h2-13,27H,14H2,1H3. The third kappa shape index (κ3) is 4.29. The average molecular weight is 453 g/mol. The molecule has 0 spiro atoms. The van der Waals surface area contributed by atoms with Gasteiger partial charge in [-0.1, -0.05) is 59.6 Å². The van der Waals surface area contributed by atoms with Crippen molar-refractivity contribution < 1.29 is 14.3 Å². The molecule has 3 aromatic carbocycles. The number of ether oxygens (including phenoxy) is 1. The topological polar surface area (TPSA) is 58.6 Å². The van der Waals surface area contributed by atoms with Gasteiger partial charge in [0.1, 0.15) is 11.4 Å². The first-order valence-electron chi connectivity index (χ1n) is 9.49. The maximum absolute atomic E-state index is 13.3. The zero-order valence-corrected chi connectivity index (χ0v) is 18.1. The molecule has 0 aromatic heterocycles. The number of methoxy groups -OCH3 is 1. The number of benzene rings is 3. The van der Waals surface area contributed by atoms with Gasteiger partial charge in [-0.3, -0.25) is 14.5 Å². The van der Waals surface area contributed by atoms with E-state index in [9.17, 15) is 9.59 Å². The summed E-state index contributed by atoms with van der Waals surface area (Å²) in [5.41, 5.74) is 2.37. The lowest BCUT2D eigenvalue weighted by molar-refractivity contribution is -0.137. The van der Waals surface area contributed by atoms with Gasteiger partial charge in [-0.25, -0.2) is 0 Å². The predicted molar refractivity (Wildman–Crippen MR) is 122 cm³/mol. The minimum absolute atomic E-state index is 0.0672. The molecular formula is C24H18Cl2N2O3. The van der Waals surface area contributed by atoms with Crippen LogP contribution in [0.25, 0.3) is 5.57 Å². The molecule has 0 bridgehead atoms. The summed E-state index contributed by atoms with van der Waals surface area (Å²) < 4.78 is 5.26. The zero-order chi connectivity index (χ0) is 22.0. The van der Waals surface area contributed by atoms with Crippen molar-refractivity contribution in [2.45, 2.75) is 6.54 Å². The highest BCUT2D eigenvalue weighted by atomic mass is 35.5. The second kappa shape index (κ2) is 8.84. The van der Waals surface area contributed by atoms with E-state index in [4.69, 9.17) is 27.9 Å². The number of carbonyl (C=O) groups is 2. The van der Waals surface area contributed by atoms with Gasteiger partial charge in [0.2, 0.25) is 0 Å². The van der Waals surface area contributed by atoms with Crippen molar-refractivity contribution in [3.8, 4) is 5.75 Å². The lowest BCUT2D eigenvalue weighted by Gasteiger charge is -2.16. The molecule has 0 radical (unpaired) electrons. The van der Waals surface area contributed by atoms with Gasteiger partial charge in [-0.2, -0.15) is 0 Å². The zero-order valence-electron chi connectivity index (χ0n) is 16.6. The van der Waals surface area contributed by atoms with Gasteiger partial charge in [0.25, 0.3) is 11.8 Å². The van der Waals surface area contributed by atoms with E-state index in [2.05, 4.69) is 5.32 Å². The number of carbonyl (C=O) groups excluding carboxylic acids is 2. The first-order valence-corrected chi connectivity index (χ1v) is 10.2. The maximum Gasteiger partial charge on any atom is 0.278 e. The van der Waals surface area contributed by atoms with Crippen LogP contribution in [0.5, 0.6) is 5.75 Å². The van der Waals surface area contributed by atoms with E-state index >= 15 is 0 Å². The quantitative estimate of drug-likeness (QED) is 0.509. The Kier molecular flexibility index (Phi) is 5.98.